The molecule has 0 bridgehead atoms. The van der Waals surface area contributed by atoms with Crippen LogP contribution in [0.3, 0.4) is 0 Å². The van der Waals surface area contributed by atoms with Crippen LogP contribution in [0.1, 0.15) is 39.5 Å². The number of hydrogen-bond acceptors (Lipinski definition) is 4. The summed E-state index contributed by atoms with van der Waals surface area (Å²) in [5, 5.41) is 6.85. The zero-order valence-corrected chi connectivity index (χ0v) is 16.6. The molecule has 1 heterocycles. The molecule has 8 nitrogen and oxygen atoms in total. The molecule has 0 spiro atoms. The Balaban J connectivity index is 1.93. The van der Waals surface area contributed by atoms with Crippen LogP contribution in [0.5, 0.6) is 0 Å². The Morgan fingerprint density at radius 2 is 1.67 bits per heavy atom. The molecule has 11 heteroatoms. The van der Waals surface area contributed by atoms with E-state index < -0.39 is 65.5 Å². The second kappa shape index (κ2) is 9.59. The average molecular weight is 428 g/mol. The van der Waals surface area contributed by atoms with Gasteiger partial charge in [0.1, 0.15) is 12.1 Å². The van der Waals surface area contributed by atoms with Gasteiger partial charge in [-0.15, -0.1) is 0 Å². The lowest BCUT2D eigenvalue weighted by Gasteiger charge is -2.25. The summed E-state index contributed by atoms with van der Waals surface area (Å²) in [6, 6.07) is 0.788. The molecule has 1 aromatic rings. The van der Waals surface area contributed by atoms with Crippen molar-refractivity contribution in [2.45, 2.75) is 45.1 Å². The lowest BCUT2D eigenvalue weighted by atomic mass is 9.88. The van der Waals surface area contributed by atoms with Gasteiger partial charge in [-0.2, -0.15) is 0 Å². The highest BCUT2D eigenvalue weighted by molar-refractivity contribution is 6.09. The molecule has 1 aromatic carbocycles. The van der Waals surface area contributed by atoms with Gasteiger partial charge in [-0.05, 0) is 25.0 Å². The van der Waals surface area contributed by atoms with E-state index in [1.54, 1.807) is 0 Å². The molecular weight excluding hydrogens is 405 g/mol. The summed E-state index contributed by atoms with van der Waals surface area (Å²) in [7, 11) is 0. The van der Waals surface area contributed by atoms with Gasteiger partial charge in [0.05, 0.1) is 12.2 Å². The van der Waals surface area contributed by atoms with E-state index in [4.69, 9.17) is 0 Å². The van der Waals surface area contributed by atoms with Crippen molar-refractivity contribution in [3.63, 3.8) is 0 Å². The van der Waals surface area contributed by atoms with Gasteiger partial charge in [-0.1, -0.05) is 26.7 Å². The molecule has 2 rings (SSSR count). The van der Waals surface area contributed by atoms with E-state index in [1.807, 2.05) is 19.2 Å². The van der Waals surface area contributed by atoms with Crippen LogP contribution in [-0.2, 0) is 14.4 Å². The number of nitrogens with one attached hydrogen (secondary N) is 3. The molecule has 0 saturated carbocycles. The monoisotopic (exact) mass is 428 g/mol. The van der Waals surface area contributed by atoms with Crippen molar-refractivity contribution in [3.8, 4) is 0 Å². The first-order chi connectivity index (χ1) is 14.1. The Hall–Kier alpha value is -3.11. The number of anilines is 1. The molecule has 0 radical (unpaired) electrons. The molecule has 1 aliphatic heterocycles. The molecule has 1 saturated heterocycles. The number of urea groups is 1. The Morgan fingerprint density at radius 3 is 2.27 bits per heavy atom. The molecular formula is C19H23F3N4O4. The highest BCUT2D eigenvalue weighted by Gasteiger charge is 2.50. The number of carbonyl (C=O) groups is 4. The van der Waals surface area contributed by atoms with Gasteiger partial charge in [0, 0.05) is 0 Å². The molecule has 164 valence electrons. The second-order valence-corrected chi connectivity index (χ2v) is 6.95. The minimum atomic E-state index is -1.74. The van der Waals surface area contributed by atoms with E-state index in [0.29, 0.717) is 31.7 Å². The number of benzene rings is 1. The van der Waals surface area contributed by atoms with E-state index in [0.717, 1.165) is 11.0 Å². The maximum absolute atomic E-state index is 13.6. The van der Waals surface area contributed by atoms with E-state index in [9.17, 15) is 32.3 Å². The van der Waals surface area contributed by atoms with Crippen LogP contribution >= 0.6 is 0 Å². The van der Waals surface area contributed by atoms with Crippen LogP contribution in [0.4, 0.5) is 23.7 Å². The fourth-order valence-corrected chi connectivity index (χ4v) is 3.33. The lowest BCUT2D eigenvalue weighted by Crippen LogP contribution is -2.47. The number of nitrogens with zero attached hydrogens (tertiary/aromatic N) is 1. The summed E-state index contributed by atoms with van der Waals surface area (Å²) in [5.74, 6) is -6.91. The Kier molecular flexibility index (Phi) is 7.41. The van der Waals surface area contributed by atoms with Crippen molar-refractivity contribution >= 4 is 29.4 Å². The minimum absolute atomic E-state index is 0.436. The van der Waals surface area contributed by atoms with Gasteiger partial charge >= 0.3 is 6.03 Å². The van der Waals surface area contributed by atoms with Crippen molar-refractivity contribution in [2.24, 2.45) is 0 Å². The number of hydrogen-bond donors (Lipinski definition) is 3. The summed E-state index contributed by atoms with van der Waals surface area (Å²) in [5.41, 5.74) is -1.63. The van der Waals surface area contributed by atoms with Crippen LogP contribution in [0.2, 0.25) is 0 Å². The molecule has 0 aliphatic carbocycles. The first-order valence-corrected chi connectivity index (χ1v) is 9.49. The zero-order chi connectivity index (χ0) is 22.5. The van der Waals surface area contributed by atoms with Crippen molar-refractivity contribution in [3.05, 3.63) is 29.6 Å². The Bertz CT molecular complexity index is 856. The van der Waals surface area contributed by atoms with Gasteiger partial charge in [0.15, 0.2) is 17.5 Å². The highest BCUT2D eigenvalue weighted by atomic mass is 19.2. The number of halogens is 3. The maximum Gasteiger partial charge on any atom is 0.325 e. The van der Waals surface area contributed by atoms with Crippen LogP contribution in [0.25, 0.3) is 0 Å². The topological polar surface area (TPSA) is 108 Å². The van der Waals surface area contributed by atoms with Gasteiger partial charge in [0.2, 0.25) is 11.8 Å². The van der Waals surface area contributed by atoms with E-state index in [1.165, 1.54) is 0 Å². The molecule has 0 unspecified atom stereocenters. The van der Waals surface area contributed by atoms with Crippen LogP contribution in [0.15, 0.2) is 12.1 Å². The predicted molar refractivity (Wildman–Crippen MR) is 101 cm³/mol. The van der Waals surface area contributed by atoms with Gasteiger partial charge in [-0.25, -0.2) is 18.0 Å². The third-order valence-corrected chi connectivity index (χ3v) is 4.66. The highest BCUT2D eigenvalue weighted by Crippen LogP contribution is 2.27. The van der Waals surface area contributed by atoms with Crippen molar-refractivity contribution < 1.29 is 32.3 Å². The zero-order valence-electron chi connectivity index (χ0n) is 16.6. The van der Waals surface area contributed by atoms with Crippen LogP contribution in [-0.4, -0.2) is 47.3 Å². The quantitative estimate of drug-likeness (QED) is 0.413. The molecule has 1 fully saturated rings. The number of imide groups is 1. The third-order valence-electron chi connectivity index (χ3n) is 4.66. The summed E-state index contributed by atoms with van der Waals surface area (Å²) in [4.78, 5) is 49.6. The van der Waals surface area contributed by atoms with Crippen molar-refractivity contribution in [1.82, 2.24) is 15.5 Å². The first kappa shape index (κ1) is 23.2. The van der Waals surface area contributed by atoms with E-state index >= 15 is 0 Å². The Labute approximate surface area is 171 Å². The fourth-order valence-electron chi connectivity index (χ4n) is 3.33. The first-order valence-electron chi connectivity index (χ1n) is 9.49. The average Bonchev–Trinajstić information content (AvgIpc) is 2.91. The van der Waals surface area contributed by atoms with Crippen LogP contribution < -0.4 is 16.0 Å². The molecule has 0 aromatic heterocycles. The smallest absolute Gasteiger partial charge is 0.325 e. The minimum Gasteiger partial charge on any atom is -0.345 e. The standard InChI is InChI=1S/C19H23F3N4O4/c1-3-7-19(8-4-2)17(29)26(18(30)25-19)10-14(28)23-9-13(27)24-12-6-5-11(20)15(21)16(12)22/h5-6H,3-4,7-10H2,1-2H3,(H,23,28)(H,24,27)(H,25,30). The SMILES string of the molecule is CCCC1(CCC)NC(=O)N(CC(=O)NCC(=O)Nc2ccc(F)c(F)c2F)C1=O. The van der Waals surface area contributed by atoms with Gasteiger partial charge in [0.25, 0.3) is 5.91 Å². The number of carbonyl (C=O) groups excluding carboxylic acids is 4. The summed E-state index contributed by atoms with van der Waals surface area (Å²) < 4.78 is 39.7. The second-order valence-electron chi connectivity index (χ2n) is 6.95. The fraction of sp³-hybridized carbons (Fsp3) is 0.474. The van der Waals surface area contributed by atoms with Crippen LogP contribution in [0, 0.1) is 17.5 Å². The van der Waals surface area contributed by atoms with Crippen molar-refractivity contribution in [2.75, 3.05) is 18.4 Å². The van der Waals surface area contributed by atoms with Crippen molar-refractivity contribution in [1.29, 1.82) is 0 Å². The maximum atomic E-state index is 13.6. The molecule has 0 atom stereocenters. The Morgan fingerprint density at radius 1 is 1.03 bits per heavy atom. The van der Waals surface area contributed by atoms with Gasteiger partial charge < -0.3 is 16.0 Å². The molecule has 1 aliphatic rings. The summed E-state index contributed by atoms with van der Waals surface area (Å²) >= 11 is 0. The van der Waals surface area contributed by atoms with Gasteiger partial charge in [-0.3, -0.25) is 19.3 Å². The predicted octanol–water partition coefficient (Wildman–Crippen LogP) is 2.05. The largest absolute Gasteiger partial charge is 0.345 e. The number of amides is 5. The van der Waals surface area contributed by atoms with E-state index in [-0.39, 0.29) is 0 Å². The summed E-state index contributed by atoms with van der Waals surface area (Å²) in [6.45, 7) is 2.53. The molecule has 5 amide bonds. The molecule has 3 N–H and O–H groups in total. The third kappa shape index (κ3) is 4.89. The summed E-state index contributed by atoms with van der Waals surface area (Å²) in [6.07, 6.45) is 2.19. The normalized spacial score (nSPS) is 15.2. The van der Waals surface area contributed by atoms with E-state index in [2.05, 4.69) is 10.6 Å². The molecule has 30 heavy (non-hydrogen) atoms. The number of rotatable bonds is 9. The lowest BCUT2D eigenvalue weighted by molar-refractivity contribution is -0.135.